The molecule has 1 aromatic heterocycles. The number of anilines is 2. The normalized spacial score (nSPS) is 10.7. The van der Waals surface area contributed by atoms with Gasteiger partial charge in [-0.2, -0.15) is 4.68 Å². The van der Waals surface area contributed by atoms with E-state index in [9.17, 15) is 4.79 Å². The first kappa shape index (κ1) is 18.9. The van der Waals surface area contributed by atoms with E-state index >= 15 is 0 Å². The third-order valence-electron chi connectivity index (χ3n) is 4.09. The van der Waals surface area contributed by atoms with Crippen LogP contribution in [0.3, 0.4) is 0 Å². The fraction of sp³-hybridized carbons (Fsp3) is 0.263. The molecule has 0 spiro atoms. The second-order valence-corrected chi connectivity index (χ2v) is 7.33. The molecule has 0 bridgehead atoms. The predicted octanol–water partition coefficient (Wildman–Crippen LogP) is 3.08. The maximum atomic E-state index is 12.3. The highest BCUT2D eigenvalue weighted by Crippen LogP contribution is 2.23. The molecule has 3 aromatic rings. The third kappa shape index (κ3) is 4.46. The van der Waals surface area contributed by atoms with E-state index < -0.39 is 0 Å². The molecule has 0 saturated carbocycles. The summed E-state index contributed by atoms with van der Waals surface area (Å²) in [5.74, 6) is 0.120. The summed E-state index contributed by atoms with van der Waals surface area (Å²) in [6, 6.07) is 13.7. The van der Waals surface area contributed by atoms with Crippen LogP contribution in [0.4, 0.5) is 11.4 Å². The van der Waals surface area contributed by atoms with Gasteiger partial charge in [0.15, 0.2) is 0 Å². The summed E-state index contributed by atoms with van der Waals surface area (Å²) in [6.45, 7) is 4.03. The zero-order chi connectivity index (χ0) is 19.4. The number of aryl methyl sites for hydroxylation is 2. The summed E-state index contributed by atoms with van der Waals surface area (Å²) >= 11 is 1.31. The molecule has 140 valence electrons. The molecular formula is C19H22N6OS. The van der Waals surface area contributed by atoms with Crippen LogP contribution in [0.25, 0.3) is 5.69 Å². The summed E-state index contributed by atoms with van der Waals surface area (Å²) in [7, 11) is 3.95. The number of rotatable bonds is 6. The summed E-state index contributed by atoms with van der Waals surface area (Å²) in [4.78, 5) is 14.3. The van der Waals surface area contributed by atoms with Crippen molar-refractivity contribution in [2.75, 3.05) is 30.1 Å². The van der Waals surface area contributed by atoms with Gasteiger partial charge in [0.05, 0.1) is 11.4 Å². The van der Waals surface area contributed by atoms with Crippen LogP contribution in [-0.2, 0) is 4.79 Å². The standard InChI is InChI=1S/C19H22N6OS/c1-13-6-5-7-14(2)18(13)25-19(21-22-23-25)27-12-17(26)20-15-8-10-16(11-9-15)24(3)4/h5-11H,12H2,1-4H3,(H,20,26). The van der Waals surface area contributed by atoms with Crippen LogP contribution >= 0.6 is 11.8 Å². The number of benzene rings is 2. The molecular weight excluding hydrogens is 360 g/mol. The molecule has 0 radical (unpaired) electrons. The molecule has 3 rings (SSSR count). The van der Waals surface area contributed by atoms with Crippen LogP contribution in [0.15, 0.2) is 47.6 Å². The second kappa shape index (κ2) is 8.22. The van der Waals surface area contributed by atoms with Crippen LogP contribution < -0.4 is 10.2 Å². The SMILES string of the molecule is Cc1cccc(C)c1-n1nnnc1SCC(=O)Nc1ccc(N(C)C)cc1. The highest BCUT2D eigenvalue weighted by atomic mass is 32.2. The zero-order valence-corrected chi connectivity index (χ0v) is 16.6. The van der Waals surface area contributed by atoms with E-state index in [1.807, 2.05) is 75.3 Å². The number of carbonyl (C=O) groups excluding carboxylic acids is 1. The lowest BCUT2D eigenvalue weighted by molar-refractivity contribution is -0.113. The smallest absolute Gasteiger partial charge is 0.234 e. The largest absolute Gasteiger partial charge is 0.378 e. The number of thioether (sulfide) groups is 1. The van der Waals surface area contributed by atoms with E-state index in [1.54, 1.807) is 4.68 Å². The maximum absolute atomic E-state index is 12.3. The van der Waals surface area contributed by atoms with Crippen LogP contribution in [0.5, 0.6) is 0 Å². The third-order valence-corrected chi connectivity index (χ3v) is 5.01. The van der Waals surface area contributed by atoms with Gasteiger partial charge in [-0.15, -0.1) is 5.10 Å². The monoisotopic (exact) mass is 382 g/mol. The maximum Gasteiger partial charge on any atom is 0.234 e. The van der Waals surface area contributed by atoms with Crippen molar-refractivity contribution in [1.29, 1.82) is 0 Å². The van der Waals surface area contributed by atoms with Gasteiger partial charge in [-0.25, -0.2) is 0 Å². The Labute approximate surface area is 162 Å². The van der Waals surface area contributed by atoms with Gasteiger partial charge in [0.2, 0.25) is 11.1 Å². The molecule has 1 heterocycles. The van der Waals surface area contributed by atoms with Crippen molar-refractivity contribution in [3.8, 4) is 5.69 Å². The number of nitrogens with zero attached hydrogens (tertiary/aromatic N) is 5. The number of amides is 1. The minimum absolute atomic E-state index is 0.103. The quantitative estimate of drug-likeness (QED) is 0.660. The van der Waals surface area contributed by atoms with Crippen LogP contribution in [-0.4, -0.2) is 46.0 Å². The summed E-state index contributed by atoms with van der Waals surface area (Å²) in [5, 5.41) is 15.4. The molecule has 27 heavy (non-hydrogen) atoms. The predicted molar refractivity (Wildman–Crippen MR) is 109 cm³/mol. The highest BCUT2D eigenvalue weighted by Gasteiger charge is 2.14. The van der Waals surface area contributed by atoms with E-state index in [0.717, 1.165) is 28.2 Å². The van der Waals surface area contributed by atoms with Crippen LogP contribution in [0.2, 0.25) is 0 Å². The number of para-hydroxylation sites is 1. The number of hydrogen-bond acceptors (Lipinski definition) is 6. The molecule has 0 saturated heterocycles. The lowest BCUT2D eigenvalue weighted by Gasteiger charge is -2.13. The van der Waals surface area contributed by atoms with Crippen molar-refractivity contribution in [2.24, 2.45) is 0 Å². The average molecular weight is 382 g/mol. The lowest BCUT2D eigenvalue weighted by atomic mass is 10.1. The van der Waals surface area contributed by atoms with Crippen LogP contribution in [0, 0.1) is 13.8 Å². The van der Waals surface area contributed by atoms with Gasteiger partial charge in [-0.1, -0.05) is 30.0 Å². The molecule has 0 aliphatic heterocycles. The minimum atomic E-state index is -0.103. The second-order valence-electron chi connectivity index (χ2n) is 6.39. The van der Waals surface area contributed by atoms with Crippen molar-refractivity contribution in [1.82, 2.24) is 20.2 Å². The fourth-order valence-corrected chi connectivity index (χ4v) is 3.40. The van der Waals surface area contributed by atoms with Crippen molar-refractivity contribution in [3.05, 3.63) is 53.6 Å². The number of hydrogen-bond donors (Lipinski definition) is 1. The molecule has 0 unspecified atom stereocenters. The summed E-state index contributed by atoms with van der Waals surface area (Å²) in [6.07, 6.45) is 0. The van der Waals surface area contributed by atoms with Gasteiger partial charge in [-0.05, 0) is 59.7 Å². The van der Waals surface area contributed by atoms with Gasteiger partial charge < -0.3 is 10.2 Å². The van der Waals surface area contributed by atoms with Gasteiger partial charge in [0, 0.05) is 25.5 Å². The number of nitrogens with one attached hydrogen (secondary N) is 1. The topological polar surface area (TPSA) is 75.9 Å². The molecule has 0 atom stereocenters. The van der Waals surface area contributed by atoms with Crippen molar-refractivity contribution in [3.63, 3.8) is 0 Å². The molecule has 2 aromatic carbocycles. The molecule has 0 fully saturated rings. The van der Waals surface area contributed by atoms with Crippen molar-refractivity contribution in [2.45, 2.75) is 19.0 Å². The lowest BCUT2D eigenvalue weighted by Crippen LogP contribution is -2.15. The van der Waals surface area contributed by atoms with Gasteiger partial charge in [-0.3, -0.25) is 4.79 Å². The van der Waals surface area contributed by atoms with E-state index in [-0.39, 0.29) is 11.7 Å². The van der Waals surface area contributed by atoms with E-state index in [0.29, 0.717) is 5.16 Å². The number of tetrazole rings is 1. The molecule has 1 N–H and O–H groups in total. The van der Waals surface area contributed by atoms with Gasteiger partial charge in [0.25, 0.3) is 0 Å². The summed E-state index contributed by atoms with van der Waals surface area (Å²) in [5.41, 5.74) is 4.95. The van der Waals surface area contributed by atoms with Crippen molar-refractivity contribution < 1.29 is 4.79 Å². The summed E-state index contributed by atoms with van der Waals surface area (Å²) < 4.78 is 1.69. The van der Waals surface area contributed by atoms with E-state index in [1.165, 1.54) is 11.8 Å². The zero-order valence-electron chi connectivity index (χ0n) is 15.8. The first-order valence-electron chi connectivity index (χ1n) is 8.50. The Morgan fingerprint density at radius 3 is 2.41 bits per heavy atom. The van der Waals surface area contributed by atoms with Crippen molar-refractivity contribution >= 4 is 29.0 Å². The van der Waals surface area contributed by atoms with E-state index in [4.69, 9.17) is 0 Å². The highest BCUT2D eigenvalue weighted by molar-refractivity contribution is 7.99. The Kier molecular flexibility index (Phi) is 5.75. The van der Waals surface area contributed by atoms with Crippen LogP contribution in [0.1, 0.15) is 11.1 Å². The Morgan fingerprint density at radius 1 is 1.11 bits per heavy atom. The Balaban J connectivity index is 1.66. The number of carbonyl (C=O) groups is 1. The van der Waals surface area contributed by atoms with Gasteiger partial charge >= 0.3 is 0 Å². The molecule has 0 aliphatic rings. The molecule has 7 nitrogen and oxygen atoms in total. The minimum Gasteiger partial charge on any atom is -0.378 e. The fourth-order valence-electron chi connectivity index (χ4n) is 2.72. The Hall–Kier alpha value is -2.87. The average Bonchev–Trinajstić information content (AvgIpc) is 3.08. The Morgan fingerprint density at radius 2 is 1.78 bits per heavy atom. The first-order valence-corrected chi connectivity index (χ1v) is 9.49. The van der Waals surface area contributed by atoms with Gasteiger partial charge in [0.1, 0.15) is 0 Å². The number of aromatic nitrogens is 4. The Bertz CT molecular complexity index is 915. The molecule has 8 heteroatoms. The molecule has 0 aliphatic carbocycles. The first-order chi connectivity index (χ1) is 13.0. The molecule has 1 amide bonds. The van der Waals surface area contributed by atoms with E-state index in [2.05, 4.69) is 20.8 Å².